The van der Waals surface area contributed by atoms with Crippen molar-refractivity contribution in [3.8, 4) is 0 Å². The molecule has 1 amide bonds. The van der Waals surface area contributed by atoms with Crippen LogP contribution in [-0.4, -0.2) is 28.0 Å². The van der Waals surface area contributed by atoms with Crippen LogP contribution in [0.1, 0.15) is 71.5 Å². The number of aryl methyl sites for hydroxylation is 3. The van der Waals surface area contributed by atoms with Crippen molar-refractivity contribution < 1.29 is 14.3 Å². The first kappa shape index (κ1) is 23.7. The van der Waals surface area contributed by atoms with Crippen molar-refractivity contribution in [2.75, 3.05) is 6.61 Å². The van der Waals surface area contributed by atoms with Crippen molar-refractivity contribution >= 4 is 22.8 Å². The predicted molar refractivity (Wildman–Crippen MR) is 131 cm³/mol. The largest absolute Gasteiger partial charge is 0.452 e. The van der Waals surface area contributed by atoms with E-state index >= 15 is 0 Å². The fraction of sp³-hybridized carbons (Fsp3) is 0.407. The number of aromatic nitrogens is 2. The molecule has 4 rings (SSSR count). The van der Waals surface area contributed by atoms with E-state index in [4.69, 9.17) is 4.74 Å². The molecule has 7 heteroatoms. The van der Waals surface area contributed by atoms with Gasteiger partial charge >= 0.3 is 5.97 Å². The molecule has 1 aliphatic heterocycles. The number of carbonyl (C=O) groups excluding carboxylic acids is 2. The number of hydrogen-bond acceptors (Lipinski definition) is 5. The SMILES string of the molecule is Cc1ccc(C(C)NC(=O)COC(=O)c2ccc3c(=O)n4c(nc3c2)CCCCCC4)cc1C. The first-order chi connectivity index (χ1) is 16.3. The van der Waals surface area contributed by atoms with Crippen LogP contribution in [0.2, 0.25) is 0 Å². The molecule has 1 unspecified atom stereocenters. The van der Waals surface area contributed by atoms with E-state index in [1.165, 1.54) is 5.56 Å². The van der Waals surface area contributed by atoms with E-state index in [0.717, 1.165) is 49.1 Å². The smallest absolute Gasteiger partial charge is 0.338 e. The molecule has 0 saturated carbocycles. The van der Waals surface area contributed by atoms with Gasteiger partial charge in [0.1, 0.15) is 5.82 Å². The molecular weight excluding hydrogens is 430 g/mol. The molecule has 7 nitrogen and oxygen atoms in total. The highest BCUT2D eigenvalue weighted by atomic mass is 16.5. The Labute approximate surface area is 199 Å². The Morgan fingerprint density at radius 3 is 2.65 bits per heavy atom. The number of nitrogens with one attached hydrogen (secondary N) is 1. The molecule has 1 N–H and O–H groups in total. The summed E-state index contributed by atoms with van der Waals surface area (Å²) in [6, 6.07) is 10.6. The Kier molecular flexibility index (Phi) is 7.10. The number of nitrogens with zero attached hydrogens (tertiary/aromatic N) is 2. The lowest BCUT2D eigenvalue weighted by atomic mass is 10.0. The van der Waals surface area contributed by atoms with Gasteiger partial charge in [0, 0.05) is 13.0 Å². The van der Waals surface area contributed by atoms with Crippen LogP contribution in [0.25, 0.3) is 10.9 Å². The number of amides is 1. The molecule has 178 valence electrons. The fourth-order valence-corrected chi connectivity index (χ4v) is 4.34. The summed E-state index contributed by atoms with van der Waals surface area (Å²) in [6.45, 7) is 6.25. The monoisotopic (exact) mass is 461 g/mol. The number of carbonyl (C=O) groups is 2. The number of ether oxygens (including phenoxy) is 1. The Balaban J connectivity index is 1.43. The van der Waals surface area contributed by atoms with Gasteiger partial charge in [0.25, 0.3) is 11.5 Å². The maximum absolute atomic E-state index is 12.9. The van der Waals surface area contributed by atoms with Gasteiger partial charge in [-0.05, 0) is 68.5 Å². The third-order valence-electron chi connectivity index (χ3n) is 6.54. The van der Waals surface area contributed by atoms with E-state index < -0.39 is 5.97 Å². The summed E-state index contributed by atoms with van der Waals surface area (Å²) in [5.74, 6) is -0.232. The van der Waals surface area contributed by atoms with Gasteiger partial charge in [-0.25, -0.2) is 9.78 Å². The first-order valence-electron chi connectivity index (χ1n) is 11.9. The highest BCUT2D eigenvalue weighted by molar-refractivity contribution is 5.95. The summed E-state index contributed by atoms with van der Waals surface area (Å²) in [7, 11) is 0. The van der Waals surface area contributed by atoms with Gasteiger partial charge in [0.2, 0.25) is 0 Å². The second-order valence-electron chi connectivity index (χ2n) is 9.09. The Hall–Kier alpha value is -3.48. The molecule has 0 fully saturated rings. The second kappa shape index (κ2) is 10.2. The molecular formula is C27H31N3O4. The van der Waals surface area contributed by atoms with Crippen LogP contribution >= 0.6 is 0 Å². The summed E-state index contributed by atoms with van der Waals surface area (Å²) >= 11 is 0. The van der Waals surface area contributed by atoms with Crippen LogP contribution in [0, 0.1) is 13.8 Å². The lowest BCUT2D eigenvalue weighted by Crippen LogP contribution is -2.31. The van der Waals surface area contributed by atoms with Crippen LogP contribution in [0.4, 0.5) is 0 Å². The molecule has 1 aromatic heterocycles. The van der Waals surface area contributed by atoms with Crippen molar-refractivity contribution in [3.05, 3.63) is 74.8 Å². The minimum absolute atomic E-state index is 0.0680. The second-order valence-corrected chi connectivity index (χ2v) is 9.09. The number of fused-ring (bicyclic) bond motifs is 2. The third kappa shape index (κ3) is 5.19. The number of hydrogen-bond donors (Lipinski definition) is 1. The maximum Gasteiger partial charge on any atom is 0.338 e. The maximum atomic E-state index is 12.9. The van der Waals surface area contributed by atoms with Gasteiger partial charge < -0.3 is 10.1 Å². The van der Waals surface area contributed by atoms with E-state index in [-0.39, 0.29) is 29.7 Å². The van der Waals surface area contributed by atoms with Gasteiger partial charge in [-0.3, -0.25) is 14.2 Å². The highest BCUT2D eigenvalue weighted by Gasteiger charge is 2.17. The topological polar surface area (TPSA) is 90.3 Å². The summed E-state index contributed by atoms with van der Waals surface area (Å²) < 4.78 is 7.00. The van der Waals surface area contributed by atoms with Gasteiger partial charge in [-0.1, -0.05) is 31.0 Å². The third-order valence-corrected chi connectivity index (χ3v) is 6.54. The van der Waals surface area contributed by atoms with Crippen LogP contribution in [0.3, 0.4) is 0 Å². The minimum atomic E-state index is -0.621. The van der Waals surface area contributed by atoms with Gasteiger partial charge in [0.15, 0.2) is 6.61 Å². The Bertz CT molecular complexity index is 1300. The van der Waals surface area contributed by atoms with Crippen molar-refractivity contribution in [3.63, 3.8) is 0 Å². The van der Waals surface area contributed by atoms with Crippen molar-refractivity contribution in [1.82, 2.24) is 14.9 Å². The fourth-order valence-electron chi connectivity index (χ4n) is 4.34. The molecule has 0 aliphatic carbocycles. The molecule has 1 aliphatic rings. The van der Waals surface area contributed by atoms with Crippen LogP contribution in [-0.2, 0) is 22.5 Å². The standard InChI is InChI=1S/C27H31N3O4/c1-17-9-10-20(14-18(17)2)19(3)28-25(31)16-34-27(33)21-11-12-22-23(15-21)29-24-8-6-4-5-7-13-30(24)26(22)32/h9-12,14-15,19H,4-8,13,16H2,1-3H3,(H,28,31). The molecule has 0 spiro atoms. The highest BCUT2D eigenvalue weighted by Crippen LogP contribution is 2.18. The number of benzene rings is 2. The van der Waals surface area contributed by atoms with Crippen molar-refractivity contribution in [2.24, 2.45) is 0 Å². The van der Waals surface area contributed by atoms with Gasteiger partial charge in [-0.15, -0.1) is 0 Å². The molecule has 3 aromatic rings. The zero-order valence-corrected chi connectivity index (χ0v) is 20.0. The average Bonchev–Trinajstić information content (AvgIpc) is 2.80. The van der Waals surface area contributed by atoms with Crippen LogP contribution in [0.15, 0.2) is 41.2 Å². The van der Waals surface area contributed by atoms with E-state index in [1.807, 2.05) is 39.0 Å². The van der Waals surface area contributed by atoms with Crippen molar-refractivity contribution in [1.29, 1.82) is 0 Å². The Morgan fingerprint density at radius 1 is 1.06 bits per heavy atom. The zero-order valence-electron chi connectivity index (χ0n) is 20.0. The minimum Gasteiger partial charge on any atom is -0.452 e. The molecule has 34 heavy (non-hydrogen) atoms. The lowest BCUT2D eigenvalue weighted by Gasteiger charge is -2.16. The predicted octanol–water partition coefficient (Wildman–Crippen LogP) is 4.16. The van der Waals surface area contributed by atoms with E-state index in [9.17, 15) is 14.4 Å². The van der Waals surface area contributed by atoms with Crippen molar-refractivity contribution in [2.45, 2.75) is 65.5 Å². The van der Waals surface area contributed by atoms with Crippen LogP contribution < -0.4 is 10.9 Å². The van der Waals surface area contributed by atoms with Gasteiger partial charge in [-0.2, -0.15) is 0 Å². The van der Waals surface area contributed by atoms with E-state index in [1.54, 1.807) is 22.8 Å². The lowest BCUT2D eigenvalue weighted by molar-refractivity contribution is -0.124. The zero-order chi connectivity index (χ0) is 24.2. The first-order valence-corrected chi connectivity index (χ1v) is 11.9. The van der Waals surface area contributed by atoms with Gasteiger partial charge in [0.05, 0.1) is 22.5 Å². The molecule has 2 heterocycles. The number of rotatable bonds is 5. The summed E-state index contributed by atoms with van der Waals surface area (Å²) in [5.41, 5.74) is 4.02. The Morgan fingerprint density at radius 2 is 1.85 bits per heavy atom. The molecule has 0 radical (unpaired) electrons. The normalized spacial score (nSPS) is 14.6. The van der Waals surface area contributed by atoms with Crippen LogP contribution in [0.5, 0.6) is 0 Å². The number of esters is 1. The van der Waals surface area contributed by atoms with E-state index in [0.29, 0.717) is 17.4 Å². The van der Waals surface area contributed by atoms with E-state index in [2.05, 4.69) is 10.3 Å². The summed E-state index contributed by atoms with van der Waals surface area (Å²) in [6.07, 6.45) is 4.96. The summed E-state index contributed by atoms with van der Waals surface area (Å²) in [4.78, 5) is 42.6. The molecule has 2 aromatic carbocycles. The quantitative estimate of drug-likeness (QED) is 0.576. The molecule has 0 bridgehead atoms. The summed E-state index contributed by atoms with van der Waals surface area (Å²) in [5, 5.41) is 3.35. The average molecular weight is 462 g/mol. The molecule has 0 saturated heterocycles. The molecule has 1 atom stereocenters.